The molecule has 1 nitrogen and oxygen atoms in total. The summed E-state index contributed by atoms with van der Waals surface area (Å²) in [5.41, 5.74) is 1.85. The Morgan fingerprint density at radius 2 is 1.89 bits per heavy atom. The van der Waals surface area contributed by atoms with Gasteiger partial charge in [-0.05, 0) is 31.5 Å². The summed E-state index contributed by atoms with van der Waals surface area (Å²) in [7, 11) is -2.35. The maximum Gasteiger partial charge on any atom is 0.140 e. The number of allylic oxidation sites excluding steroid dienone is 1. The molecule has 0 spiro atoms. The summed E-state index contributed by atoms with van der Waals surface area (Å²) in [6, 6.07) is 10.1. The number of hydrogen-bond donors (Lipinski definition) is 0. The zero-order valence-corrected chi connectivity index (χ0v) is 12.3. The van der Waals surface area contributed by atoms with Crippen molar-refractivity contribution in [2.75, 3.05) is 0 Å². The topological polar surface area (TPSA) is 17.1 Å². The van der Waals surface area contributed by atoms with E-state index < -0.39 is 7.14 Å². The molecule has 4 atom stereocenters. The van der Waals surface area contributed by atoms with Crippen molar-refractivity contribution >= 4 is 12.4 Å². The molecule has 0 saturated heterocycles. The molecule has 1 aromatic carbocycles. The molecule has 18 heavy (non-hydrogen) atoms. The molecule has 1 aliphatic carbocycles. The molecule has 0 radical (unpaired) electrons. The molecule has 1 saturated carbocycles. The lowest BCUT2D eigenvalue weighted by Crippen LogP contribution is -2.30. The van der Waals surface area contributed by atoms with Gasteiger partial charge in [0.2, 0.25) is 0 Å². The van der Waals surface area contributed by atoms with E-state index in [1.165, 1.54) is 12.0 Å². The largest absolute Gasteiger partial charge is 0.314 e. The fourth-order valence-electron chi connectivity index (χ4n) is 4.01. The Bertz CT molecular complexity index is 545. The van der Waals surface area contributed by atoms with Crippen molar-refractivity contribution in [3.8, 4) is 0 Å². The van der Waals surface area contributed by atoms with E-state index in [4.69, 9.17) is 0 Å². The Balaban J connectivity index is 2.15. The van der Waals surface area contributed by atoms with Crippen molar-refractivity contribution in [1.82, 2.24) is 0 Å². The summed E-state index contributed by atoms with van der Waals surface area (Å²) in [6.07, 6.45) is 2.32. The summed E-state index contributed by atoms with van der Waals surface area (Å²) >= 11 is 0. The fraction of sp³-hybridized carbons (Fsp3) is 0.500. The van der Waals surface area contributed by atoms with Crippen LogP contribution in [-0.2, 0) is 4.57 Å². The summed E-state index contributed by atoms with van der Waals surface area (Å²) < 4.78 is 13.5. The van der Waals surface area contributed by atoms with Crippen molar-refractivity contribution in [3.05, 3.63) is 41.7 Å². The summed E-state index contributed by atoms with van der Waals surface area (Å²) in [5.74, 6) is 2.76. The third-order valence-corrected chi connectivity index (χ3v) is 9.04. The molecule has 0 bridgehead atoms. The van der Waals surface area contributed by atoms with Crippen molar-refractivity contribution in [1.29, 1.82) is 0 Å². The van der Waals surface area contributed by atoms with Crippen molar-refractivity contribution in [2.24, 2.45) is 11.3 Å². The van der Waals surface area contributed by atoms with Gasteiger partial charge in [0.15, 0.2) is 0 Å². The Morgan fingerprint density at radius 3 is 2.56 bits per heavy atom. The van der Waals surface area contributed by atoms with Gasteiger partial charge in [-0.25, -0.2) is 0 Å². The van der Waals surface area contributed by atoms with Crippen LogP contribution in [0.4, 0.5) is 0 Å². The van der Waals surface area contributed by atoms with Crippen LogP contribution in [0.2, 0.25) is 0 Å². The lowest BCUT2D eigenvalue weighted by Gasteiger charge is -2.33. The highest BCUT2D eigenvalue weighted by atomic mass is 31.2. The first-order valence-electron chi connectivity index (χ1n) is 6.84. The van der Waals surface area contributed by atoms with E-state index in [1.807, 2.05) is 30.3 Å². The average molecular weight is 260 g/mol. The zero-order valence-electron chi connectivity index (χ0n) is 11.4. The molecule has 3 rings (SSSR count). The Kier molecular flexibility index (Phi) is 2.61. The zero-order chi connectivity index (χ0) is 13.0. The summed E-state index contributed by atoms with van der Waals surface area (Å²) in [6.45, 7) is 6.82. The number of benzene rings is 1. The van der Waals surface area contributed by atoms with Crippen molar-refractivity contribution < 1.29 is 4.57 Å². The fourth-order valence-corrected chi connectivity index (χ4v) is 7.98. The van der Waals surface area contributed by atoms with Crippen LogP contribution in [0.5, 0.6) is 0 Å². The molecule has 1 aliphatic heterocycles. The second-order valence-electron chi connectivity index (χ2n) is 6.13. The normalized spacial score (nSPS) is 42.7. The SMILES string of the molecule is CC1=C[P@](=O)(c2ccccc2)[C@H]2CCC(C)[C@@]12C. The molecule has 2 heteroatoms. The predicted octanol–water partition coefficient (Wildman–Crippen LogP) is 4.40. The molecule has 1 heterocycles. The Hall–Kier alpha value is -0.810. The van der Waals surface area contributed by atoms with Gasteiger partial charge in [-0.2, -0.15) is 0 Å². The van der Waals surface area contributed by atoms with Crippen LogP contribution in [0.25, 0.3) is 0 Å². The van der Waals surface area contributed by atoms with E-state index in [1.54, 1.807) is 0 Å². The number of hydrogen-bond acceptors (Lipinski definition) is 1. The van der Waals surface area contributed by atoms with Crippen molar-refractivity contribution in [3.63, 3.8) is 0 Å². The van der Waals surface area contributed by atoms with Gasteiger partial charge in [0.25, 0.3) is 0 Å². The van der Waals surface area contributed by atoms with E-state index in [0.717, 1.165) is 11.7 Å². The third kappa shape index (κ3) is 1.37. The number of rotatable bonds is 1. The lowest BCUT2D eigenvalue weighted by atomic mass is 9.75. The van der Waals surface area contributed by atoms with E-state index in [2.05, 4.69) is 26.6 Å². The smallest absolute Gasteiger partial charge is 0.140 e. The van der Waals surface area contributed by atoms with Crippen LogP contribution < -0.4 is 5.30 Å². The molecule has 2 aliphatic rings. The number of fused-ring (bicyclic) bond motifs is 1. The molecule has 0 N–H and O–H groups in total. The van der Waals surface area contributed by atoms with Crippen LogP contribution in [0.1, 0.15) is 33.6 Å². The monoisotopic (exact) mass is 260 g/mol. The molecule has 0 amide bonds. The van der Waals surface area contributed by atoms with Crippen molar-refractivity contribution in [2.45, 2.75) is 39.3 Å². The van der Waals surface area contributed by atoms with Gasteiger partial charge in [-0.15, -0.1) is 0 Å². The van der Waals surface area contributed by atoms with Gasteiger partial charge in [-0.1, -0.05) is 49.8 Å². The first-order valence-corrected chi connectivity index (χ1v) is 8.69. The van der Waals surface area contributed by atoms with E-state index in [9.17, 15) is 4.57 Å². The van der Waals surface area contributed by atoms with Gasteiger partial charge >= 0.3 is 0 Å². The minimum atomic E-state index is -2.35. The molecular weight excluding hydrogens is 239 g/mol. The third-order valence-electron chi connectivity index (χ3n) is 5.45. The van der Waals surface area contributed by atoms with Crippen LogP contribution in [0.15, 0.2) is 41.7 Å². The maximum atomic E-state index is 13.5. The highest BCUT2D eigenvalue weighted by Gasteiger charge is 2.57. The average Bonchev–Trinajstić information content (AvgIpc) is 2.78. The van der Waals surface area contributed by atoms with Crippen LogP contribution in [0, 0.1) is 11.3 Å². The standard InChI is InChI=1S/C16H21OP/c1-12-9-10-15-16(12,3)13(2)11-18(15,17)14-7-5-4-6-8-14/h4-8,11-12,15H,9-10H2,1-3H3/t12?,15-,16-,18-/m0/s1. The van der Waals surface area contributed by atoms with Crippen LogP contribution >= 0.6 is 7.14 Å². The molecule has 1 fully saturated rings. The molecule has 1 unspecified atom stereocenters. The van der Waals surface area contributed by atoms with Gasteiger partial charge in [-0.3, -0.25) is 0 Å². The minimum Gasteiger partial charge on any atom is -0.314 e. The van der Waals surface area contributed by atoms with E-state index in [-0.39, 0.29) is 5.41 Å². The van der Waals surface area contributed by atoms with Gasteiger partial charge in [0.05, 0.1) is 0 Å². The first kappa shape index (κ1) is 12.2. The minimum absolute atomic E-state index is 0.158. The van der Waals surface area contributed by atoms with Gasteiger partial charge < -0.3 is 4.57 Å². The second kappa shape index (κ2) is 3.84. The first-order chi connectivity index (χ1) is 8.49. The highest BCUT2D eigenvalue weighted by Crippen LogP contribution is 2.72. The summed E-state index contributed by atoms with van der Waals surface area (Å²) in [4.78, 5) is 0. The van der Waals surface area contributed by atoms with Gasteiger partial charge in [0.1, 0.15) is 7.14 Å². The van der Waals surface area contributed by atoms with Gasteiger partial charge in [0, 0.05) is 16.4 Å². The highest BCUT2D eigenvalue weighted by molar-refractivity contribution is 7.75. The van der Waals surface area contributed by atoms with Crippen LogP contribution in [-0.4, -0.2) is 5.66 Å². The Morgan fingerprint density at radius 1 is 1.22 bits per heavy atom. The van der Waals surface area contributed by atoms with E-state index >= 15 is 0 Å². The molecular formula is C16H21OP. The molecule has 1 aromatic rings. The van der Waals surface area contributed by atoms with E-state index in [0.29, 0.717) is 11.6 Å². The second-order valence-corrected chi connectivity index (χ2v) is 8.95. The predicted molar refractivity (Wildman–Crippen MR) is 77.7 cm³/mol. The van der Waals surface area contributed by atoms with Crippen LogP contribution in [0.3, 0.4) is 0 Å². The maximum absolute atomic E-state index is 13.5. The Labute approximate surface area is 110 Å². The summed E-state index contributed by atoms with van der Waals surface area (Å²) in [5, 5.41) is 1.05. The molecule has 96 valence electrons. The lowest BCUT2D eigenvalue weighted by molar-refractivity contribution is 0.316. The molecule has 0 aromatic heterocycles. The quantitative estimate of drug-likeness (QED) is 0.684.